The van der Waals surface area contributed by atoms with Crippen LogP contribution in [0.2, 0.25) is 0 Å². The summed E-state index contributed by atoms with van der Waals surface area (Å²) in [6.07, 6.45) is 4.84. The van der Waals surface area contributed by atoms with Crippen LogP contribution in [0.5, 0.6) is 5.75 Å². The molecule has 0 N–H and O–H groups in total. The van der Waals surface area contributed by atoms with E-state index in [0.717, 1.165) is 93.4 Å². The van der Waals surface area contributed by atoms with E-state index in [4.69, 9.17) is 9.72 Å². The van der Waals surface area contributed by atoms with Crippen molar-refractivity contribution in [3.05, 3.63) is 77.5 Å². The molecule has 0 bridgehead atoms. The number of nitrogens with zero attached hydrogens (tertiary/aromatic N) is 6. The molecule has 10 heteroatoms. The number of carbonyl (C=O) groups excluding carboxylic acids is 1. The first-order chi connectivity index (χ1) is 19.2. The van der Waals surface area contributed by atoms with Gasteiger partial charge in [0.1, 0.15) is 18.7 Å². The summed E-state index contributed by atoms with van der Waals surface area (Å²) in [5.74, 6) is 0.943. The predicted molar refractivity (Wildman–Crippen MR) is 166 cm³/mol. The van der Waals surface area contributed by atoms with Gasteiger partial charge in [-0.15, -0.1) is 24.8 Å². The number of piperazine rings is 1. The highest BCUT2D eigenvalue weighted by atomic mass is 35.5. The van der Waals surface area contributed by atoms with E-state index in [1.807, 2.05) is 16.4 Å². The second-order valence-electron chi connectivity index (χ2n) is 10.8. The number of benzene rings is 2. The van der Waals surface area contributed by atoms with Crippen molar-refractivity contribution < 1.29 is 9.53 Å². The molecule has 0 spiro atoms. The number of halogens is 2. The number of para-hydroxylation sites is 1. The fourth-order valence-electron chi connectivity index (χ4n) is 6.24. The van der Waals surface area contributed by atoms with E-state index < -0.39 is 0 Å². The zero-order valence-corrected chi connectivity index (χ0v) is 24.9. The van der Waals surface area contributed by atoms with Gasteiger partial charge in [-0.05, 0) is 62.1 Å². The van der Waals surface area contributed by atoms with Gasteiger partial charge in [-0.3, -0.25) is 19.2 Å². The van der Waals surface area contributed by atoms with Crippen LogP contribution in [0.3, 0.4) is 0 Å². The molecular weight excluding hydrogens is 559 g/mol. The Hall–Kier alpha value is -3.33. The lowest BCUT2D eigenvalue weighted by Gasteiger charge is -2.36. The molecule has 7 rings (SSSR count). The third-order valence-electron chi connectivity index (χ3n) is 8.41. The summed E-state index contributed by atoms with van der Waals surface area (Å²) in [7, 11) is 0. The van der Waals surface area contributed by atoms with Crippen LogP contribution >= 0.6 is 24.8 Å². The summed E-state index contributed by atoms with van der Waals surface area (Å²) in [6, 6.07) is 17.1. The summed E-state index contributed by atoms with van der Waals surface area (Å²) in [6.45, 7) is 9.10. The molecule has 5 heterocycles. The number of carbonyl (C=O) groups is 1. The van der Waals surface area contributed by atoms with Crippen LogP contribution in [0.25, 0.3) is 16.6 Å². The zero-order chi connectivity index (χ0) is 26.3. The number of imidazole rings is 1. The van der Waals surface area contributed by atoms with Crippen LogP contribution in [0.1, 0.15) is 40.3 Å². The Bertz CT molecular complexity index is 1540. The molecule has 0 unspecified atom stereocenters. The summed E-state index contributed by atoms with van der Waals surface area (Å²) in [4.78, 5) is 29.2. The minimum absolute atomic E-state index is 0. The molecule has 0 aliphatic carbocycles. The zero-order valence-electron chi connectivity index (χ0n) is 23.3. The van der Waals surface area contributed by atoms with E-state index in [1.54, 1.807) is 6.33 Å². The van der Waals surface area contributed by atoms with Gasteiger partial charge in [0.05, 0.1) is 16.9 Å². The van der Waals surface area contributed by atoms with Crippen molar-refractivity contribution in [1.82, 2.24) is 24.3 Å². The Morgan fingerprint density at radius 3 is 2.46 bits per heavy atom. The normalized spacial score (nSPS) is 16.4. The van der Waals surface area contributed by atoms with Gasteiger partial charge in [0.2, 0.25) is 0 Å². The number of aromatic nitrogens is 3. The number of hydrogen-bond donors (Lipinski definition) is 0. The fraction of sp³-hybridized carbons (Fsp3) is 0.387. The molecule has 41 heavy (non-hydrogen) atoms. The molecule has 3 aliphatic rings. The molecule has 2 saturated heterocycles. The lowest BCUT2D eigenvalue weighted by Crippen LogP contribution is -2.47. The monoisotopic (exact) mass is 594 g/mol. The second-order valence-corrected chi connectivity index (χ2v) is 10.8. The number of ether oxygens (including phenoxy) is 1. The Balaban J connectivity index is 0.00000169. The summed E-state index contributed by atoms with van der Waals surface area (Å²) < 4.78 is 8.34. The molecular formula is C31H36Cl2N6O2. The van der Waals surface area contributed by atoms with Crippen molar-refractivity contribution in [1.29, 1.82) is 0 Å². The number of amides is 1. The fourth-order valence-corrected chi connectivity index (χ4v) is 6.24. The number of fused-ring (bicyclic) bond motifs is 4. The third kappa shape index (κ3) is 5.48. The number of likely N-dealkylation sites (tertiary alicyclic amines) is 1. The largest absolute Gasteiger partial charge is 0.485 e. The maximum Gasteiger partial charge on any atom is 0.274 e. The molecule has 0 atom stereocenters. The molecule has 2 aromatic carbocycles. The van der Waals surface area contributed by atoms with Crippen LogP contribution in [0, 0.1) is 6.92 Å². The predicted octanol–water partition coefficient (Wildman–Crippen LogP) is 5.07. The highest BCUT2D eigenvalue weighted by Crippen LogP contribution is 2.35. The van der Waals surface area contributed by atoms with Gasteiger partial charge in [-0.1, -0.05) is 18.2 Å². The molecule has 3 aliphatic heterocycles. The smallest absolute Gasteiger partial charge is 0.274 e. The van der Waals surface area contributed by atoms with Gasteiger partial charge in [0.15, 0.2) is 5.69 Å². The van der Waals surface area contributed by atoms with E-state index >= 15 is 0 Å². The molecule has 0 saturated carbocycles. The number of rotatable bonds is 5. The van der Waals surface area contributed by atoms with Gasteiger partial charge in [0, 0.05) is 62.6 Å². The molecule has 216 valence electrons. The van der Waals surface area contributed by atoms with E-state index in [-0.39, 0.29) is 30.7 Å². The number of hydrogen-bond acceptors (Lipinski definition) is 6. The summed E-state index contributed by atoms with van der Waals surface area (Å²) >= 11 is 0. The molecule has 2 fully saturated rings. The average molecular weight is 596 g/mol. The number of pyridine rings is 1. The maximum absolute atomic E-state index is 13.0. The quantitative estimate of drug-likeness (QED) is 0.321. The van der Waals surface area contributed by atoms with Crippen molar-refractivity contribution in [2.75, 3.05) is 50.7 Å². The Morgan fingerprint density at radius 2 is 1.66 bits per heavy atom. The standard InChI is InChI=1S/C31H34N6O2.2ClH/c1-22-10-11-24-25(33-22)7-5-8-26(24)35-18-16-34(17-19-35)15-12-23-6-4-9-27-30(23)39-20-28-29(32-21-37(27)28)31(38)36-13-2-3-14-36;;/h4-11,21H,2-3,12-20H2,1H3;2*1H. The lowest BCUT2D eigenvalue weighted by atomic mass is 10.1. The second kappa shape index (κ2) is 12.3. The Kier molecular flexibility index (Phi) is 8.73. The van der Waals surface area contributed by atoms with Crippen molar-refractivity contribution in [2.45, 2.75) is 32.8 Å². The summed E-state index contributed by atoms with van der Waals surface area (Å²) in [5, 5.41) is 1.23. The van der Waals surface area contributed by atoms with Crippen molar-refractivity contribution in [3.63, 3.8) is 0 Å². The van der Waals surface area contributed by atoms with Crippen molar-refractivity contribution >= 4 is 47.3 Å². The van der Waals surface area contributed by atoms with Crippen LogP contribution in [0.15, 0.2) is 54.9 Å². The first-order valence-corrected chi connectivity index (χ1v) is 14.1. The van der Waals surface area contributed by atoms with Crippen LogP contribution in [-0.4, -0.2) is 76.1 Å². The van der Waals surface area contributed by atoms with Gasteiger partial charge < -0.3 is 14.5 Å². The average Bonchev–Trinajstić information content (AvgIpc) is 3.66. The SMILES string of the molecule is Cc1ccc2c(N3CCN(CCc4cccc5c4OCc4c(C(=O)N6CCCC6)ncn4-5)CC3)cccc2n1.Cl.Cl. The van der Waals surface area contributed by atoms with E-state index in [2.05, 4.69) is 63.3 Å². The van der Waals surface area contributed by atoms with Gasteiger partial charge >= 0.3 is 0 Å². The minimum Gasteiger partial charge on any atom is -0.485 e. The Labute approximate surface area is 253 Å². The van der Waals surface area contributed by atoms with Crippen LogP contribution in [0.4, 0.5) is 5.69 Å². The van der Waals surface area contributed by atoms with E-state index in [9.17, 15) is 4.79 Å². The van der Waals surface area contributed by atoms with Gasteiger partial charge in [-0.25, -0.2) is 4.98 Å². The van der Waals surface area contributed by atoms with Gasteiger partial charge in [0.25, 0.3) is 5.91 Å². The Morgan fingerprint density at radius 1 is 0.902 bits per heavy atom. The molecule has 1 amide bonds. The van der Waals surface area contributed by atoms with E-state index in [1.165, 1.54) is 16.6 Å². The van der Waals surface area contributed by atoms with Gasteiger partial charge in [-0.2, -0.15) is 0 Å². The topological polar surface area (TPSA) is 66.7 Å². The molecule has 8 nitrogen and oxygen atoms in total. The third-order valence-corrected chi connectivity index (χ3v) is 8.41. The first kappa shape index (κ1) is 29.2. The number of anilines is 1. The van der Waals surface area contributed by atoms with Crippen molar-refractivity contribution in [3.8, 4) is 11.4 Å². The van der Waals surface area contributed by atoms with Crippen LogP contribution < -0.4 is 9.64 Å². The maximum atomic E-state index is 13.0. The number of aryl methyl sites for hydroxylation is 1. The minimum atomic E-state index is 0. The molecule has 0 radical (unpaired) electrons. The van der Waals surface area contributed by atoms with E-state index in [0.29, 0.717) is 12.3 Å². The highest BCUT2D eigenvalue weighted by Gasteiger charge is 2.30. The van der Waals surface area contributed by atoms with Crippen LogP contribution in [-0.2, 0) is 13.0 Å². The van der Waals surface area contributed by atoms with Crippen molar-refractivity contribution in [2.24, 2.45) is 0 Å². The molecule has 4 aromatic rings. The first-order valence-electron chi connectivity index (χ1n) is 14.1. The highest BCUT2D eigenvalue weighted by molar-refractivity contribution is 5.94. The molecule has 2 aromatic heterocycles. The lowest BCUT2D eigenvalue weighted by molar-refractivity contribution is 0.0784. The summed E-state index contributed by atoms with van der Waals surface area (Å²) in [5.41, 5.74) is 6.97.